The molecular formula is C16H17Br2N3O2. The molecule has 1 unspecified atom stereocenters. The van der Waals surface area contributed by atoms with Gasteiger partial charge in [0, 0.05) is 6.07 Å². The van der Waals surface area contributed by atoms with Crippen molar-refractivity contribution >= 4 is 43.6 Å². The van der Waals surface area contributed by atoms with E-state index in [4.69, 9.17) is 4.74 Å². The molecule has 1 heterocycles. The smallest absolute Gasteiger partial charge is 0.263 e. The van der Waals surface area contributed by atoms with Crippen LogP contribution in [0.5, 0.6) is 5.75 Å². The van der Waals surface area contributed by atoms with Crippen molar-refractivity contribution in [2.24, 2.45) is 5.92 Å². The summed E-state index contributed by atoms with van der Waals surface area (Å²) in [5.74, 6) is 1.78. The highest BCUT2D eigenvalue weighted by molar-refractivity contribution is 9.11. The van der Waals surface area contributed by atoms with Gasteiger partial charge in [0.15, 0.2) is 6.61 Å². The summed E-state index contributed by atoms with van der Waals surface area (Å²) in [5.41, 5.74) is 0. The van der Waals surface area contributed by atoms with Gasteiger partial charge in [0.2, 0.25) is 0 Å². The molecule has 0 saturated heterocycles. The topological polar surface area (TPSA) is 56.2 Å². The van der Waals surface area contributed by atoms with Crippen LogP contribution in [0.4, 0.5) is 5.82 Å². The fourth-order valence-electron chi connectivity index (χ4n) is 2.45. The van der Waals surface area contributed by atoms with Crippen LogP contribution in [0.2, 0.25) is 0 Å². The lowest BCUT2D eigenvalue weighted by atomic mass is 10.2. The number of nitrogens with zero attached hydrogens (tertiary/aromatic N) is 2. The first kappa shape index (κ1) is 16.5. The number of amides is 1. The molecule has 5 nitrogen and oxygen atoms in total. The molecule has 0 radical (unpaired) electrons. The van der Waals surface area contributed by atoms with Crippen molar-refractivity contribution in [2.75, 3.05) is 11.9 Å². The third-order valence-corrected chi connectivity index (χ3v) is 5.14. The zero-order valence-corrected chi connectivity index (χ0v) is 15.8. The molecule has 1 N–H and O–H groups in total. The third kappa shape index (κ3) is 3.95. The highest BCUT2D eigenvalue weighted by Gasteiger charge is 2.30. The van der Waals surface area contributed by atoms with Crippen LogP contribution in [0.3, 0.4) is 0 Å². The van der Waals surface area contributed by atoms with Crippen LogP contribution in [0, 0.1) is 5.92 Å². The number of anilines is 1. The van der Waals surface area contributed by atoms with E-state index in [9.17, 15) is 4.79 Å². The van der Waals surface area contributed by atoms with Gasteiger partial charge in [-0.05, 0) is 69.7 Å². The van der Waals surface area contributed by atoms with Gasteiger partial charge in [-0.25, -0.2) is 4.68 Å². The minimum absolute atomic E-state index is 0.0653. The van der Waals surface area contributed by atoms with Gasteiger partial charge in [0.25, 0.3) is 5.91 Å². The molecule has 23 heavy (non-hydrogen) atoms. The number of benzene rings is 1. The molecular weight excluding hydrogens is 426 g/mol. The van der Waals surface area contributed by atoms with Crippen molar-refractivity contribution in [3.8, 4) is 5.75 Å². The molecule has 2 aromatic rings. The van der Waals surface area contributed by atoms with E-state index in [0.29, 0.717) is 23.5 Å². The molecule has 7 heteroatoms. The minimum Gasteiger partial charge on any atom is -0.481 e. The van der Waals surface area contributed by atoms with E-state index in [-0.39, 0.29) is 12.5 Å². The molecule has 1 amide bonds. The Kier molecular flexibility index (Phi) is 5.06. The van der Waals surface area contributed by atoms with Crippen molar-refractivity contribution in [1.29, 1.82) is 0 Å². The Morgan fingerprint density at radius 1 is 1.39 bits per heavy atom. The number of carbonyl (C=O) groups is 1. The molecule has 1 aliphatic rings. The van der Waals surface area contributed by atoms with Crippen LogP contribution >= 0.6 is 31.9 Å². The summed E-state index contributed by atoms with van der Waals surface area (Å²) in [6, 6.07) is 7.73. The van der Waals surface area contributed by atoms with Crippen LogP contribution in [0.25, 0.3) is 0 Å². The fraction of sp³-hybridized carbons (Fsp3) is 0.375. The van der Waals surface area contributed by atoms with E-state index in [1.807, 2.05) is 28.9 Å². The normalized spacial score (nSPS) is 15.3. The summed E-state index contributed by atoms with van der Waals surface area (Å²) in [4.78, 5) is 12.2. The Morgan fingerprint density at radius 3 is 2.74 bits per heavy atom. The van der Waals surface area contributed by atoms with E-state index in [1.165, 1.54) is 12.8 Å². The van der Waals surface area contributed by atoms with E-state index >= 15 is 0 Å². The SMILES string of the molecule is CC(C1CC1)n1nccc1NC(=O)COc1c(Br)cccc1Br. The number of hydrogen-bond donors (Lipinski definition) is 1. The fourth-order valence-corrected chi connectivity index (χ4v) is 3.68. The molecule has 1 fully saturated rings. The van der Waals surface area contributed by atoms with Crippen molar-refractivity contribution in [1.82, 2.24) is 9.78 Å². The first-order chi connectivity index (χ1) is 11.1. The minimum atomic E-state index is -0.211. The molecule has 0 bridgehead atoms. The van der Waals surface area contributed by atoms with Gasteiger partial charge in [0.1, 0.15) is 11.6 Å². The van der Waals surface area contributed by atoms with E-state index in [1.54, 1.807) is 6.20 Å². The summed E-state index contributed by atoms with van der Waals surface area (Å²) in [7, 11) is 0. The first-order valence-corrected chi connectivity index (χ1v) is 9.05. The Morgan fingerprint density at radius 2 is 2.09 bits per heavy atom. The van der Waals surface area contributed by atoms with E-state index in [2.05, 4.69) is 49.2 Å². The lowest BCUT2D eigenvalue weighted by Crippen LogP contribution is -2.23. The van der Waals surface area contributed by atoms with Gasteiger partial charge in [-0.2, -0.15) is 5.10 Å². The predicted octanol–water partition coefficient (Wildman–Crippen LogP) is 4.40. The lowest BCUT2D eigenvalue weighted by Gasteiger charge is -2.15. The number of hydrogen-bond acceptors (Lipinski definition) is 3. The molecule has 122 valence electrons. The quantitative estimate of drug-likeness (QED) is 0.721. The molecule has 1 atom stereocenters. The Labute approximate surface area is 151 Å². The van der Waals surface area contributed by atoms with Crippen molar-refractivity contribution in [3.63, 3.8) is 0 Å². The monoisotopic (exact) mass is 441 g/mol. The average Bonchev–Trinajstić information content (AvgIpc) is 3.26. The summed E-state index contributed by atoms with van der Waals surface area (Å²) in [5, 5.41) is 7.19. The van der Waals surface area contributed by atoms with E-state index in [0.717, 1.165) is 8.95 Å². The average molecular weight is 443 g/mol. The molecule has 1 saturated carbocycles. The Balaban J connectivity index is 1.61. The second-order valence-corrected chi connectivity index (χ2v) is 7.34. The highest BCUT2D eigenvalue weighted by Crippen LogP contribution is 2.40. The Hall–Kier alpha value is -1.34. The number of rotatable bonds is 6. The van der Waals surface area contributed by atoms with E-state index < -0.39 is 0 Å². The zero-order chi connectivity index (χ0) is 16.4. The van der Waals surface area contributed by atoms with Crippen molar-refractivity contribution in [2.45, 2.75) is 25.8 Å². The van der Waals surface area contributed by atoms with Gasteiger partial charge in [0.05, 0.1) is 21.2 Å². The maximum Gasteiger partial charge on any atom is 0.263 e. The summed E-state index contributed by atoms with van der Waals surface area (Å²) in [6.45, 7) is 2.07. The summed E-state index contributed by atoms with van der Waals surface area (Å²) in [6.07, 6.45) is 4.17. The summed E-state index contributed by atoms with van der Waals surface area (Å²) < 4.78 is 9.08. The molecule has 0 aliphatic heterocycles. The standard InChI is InChI=1S/C16H17Br2N3O2/c1-10(11-5-6-11)21-14(7-8-19-21)20-15(22)9-23-16-12(17)3-2-4-13(16)18/h2-4,7-8,10-11H,5-6,9H2,1H3,(H,20,22). The second kappa shape index (κ2) is 7.05. The predicted molar refractivity (Wildman–Crippen MR) is 95.6 cm³/mol. The van der Waals surface area contributed by atoms with Gasteiger partial charge < -0.3 is 10.1 Å². The largest absolute Gasteiger partial charge is 0.481 e. The molecule has 0 spiro atoms. The molecule has 3 rings (SSSR count). The number of para-hydroxylation sites is 1. The van der Waals surface area contributed by atoms with Gasteiger partial charge in [-0.3, -0.25) is 4.79 Å². The molecule has 1 aromatic heterocycles. The van der Waals surface area contributed by atoms with Gasteiger partial charge >= 0.3 is 0 Å². The van der Waals surface area contributed by atoms with Gasteiger partial charge in [-0.1, -0.05) is 6.07 Å². The maximum absolute atomic E-state index is 12.2. The number of halogens is 2. The van der Waals surface area contributed by atoms with Crippen LogP contribution in [0.15, 0.2) is 39.4 Å². The van der Waals surface area contributed by atoms with Crippen LogP contribution in [-0.2, 0) is 4.79 Å². The summed E-state index contributed by atoms with van der Waals surface area (Å²) >= 11 is 6.82. The van der Waals surface area contributed by atoms with Crippen molar-refractivity contribution in [3.05, 3.63) is 39.4 Å². The van der Waals surface area contributed by atoms with Crippen molar-refractivity contribution < 1.29 is 9.53 Å². The van der Waals surface area contributed by atoms with Gasteiger partial charge in [-0.15, -0.1) is 0 Å². The van der Waals surface area contributed by atoms with Crippen LogP contribution in [-0.4, -0.2) is 22.3 Å². The number of aromatic nitrogens is 2. The number of nitrogens with one attached hydrogen (secondary N) is 1. The number of carbonyl (C=O) groups excluding carboxylic acids is 1. The first-order valence-electron chi connectivity index (χ1n) is 7.46. The molecule has 1 aliphatic carbocycles. The molecule has 1 aromatic carbocycles. The Bertz CT molecular complexity index is 693. The van der Waals surface area contributed by atoms with Crippen LogP contribution in [0.1, 0.15) is 25.8 Å². The second-order valence-electron chi connectivity index (χ2n) is 5.63. The third-order valence-electron chi connectivity index (χ3n) is 3.89. The van der Waals surface area contributed by atoms with Crippen LogP contribution < -0.4 is 10.1 Å². The number of ether oxygens (including phenoxy) is 1. The maximum atomic E-state index is 12.2. The zero-order valence-electron chi connectivity index (χ0n) is 12.6. The lowest BCUT2D eigenvalue weighted by molar-refractivity contribution is -0.118. The highest BCUT2D eigenvalue weighted by atomic mass is 79.9.